The number of aryl methyl sites for hydroxylation is 1. The second kappa shape index (κ2) is 8.52. The Morgan fingerprint density at radius 1 is 1.29 bits per heavy atom. The minimum atomic E-state index is -0.422. The van der Waals surface area contributed by atoms with Crippen molar-refractivity contribution in [3.63, 3.8) is 0 Å². The van der Waals surface area contributed by atoms with E-state index in [0.717, 1.165) is 45.3 Å². The zero-order valence-corrected chi connectivity index (χ0v) is 15.6. The van der Waals surface area contributed by atoms with Crippen LogP contribution in [0.4, 0.5) is 4.79 Å². The molecule has 1 aliphatic rings. The van der Waals surface area contributed by atoms with E-state index < -0.39 is 5.60 Å². The zero-order valence-electron chi connectivity index (χ0n) is 15.6. The lowest BCUT2D eigenvalue weighted by Crippen LogP contribution is -2.38. The van der Waals surface area contributed by atoms with E-state index in [-0.39, 0.29) is 6.09 Å². The number of nitrogens with zero attached hydrogens (tertiary/aromatic N) is 1. The van der Waals surface area contributed by atoms with Crippen LogP contribution >= 0.6 is 0 Å². The molecular formula is C20H32N2O2. The van der Waals surface area contributed by atoms with Gasteiger partial charge in [-0.1, -0.05) is 29.8 Å². The quantitative estimate of drug-likeness (QED) is 0.909. The van der Waals surface area contributed by atoms with Gasteiger partial charge in [-0.05, 0) is 65.5 Å². The Morgan fingerprint density at radius 3 is 2.79 bits per heavy atom. The van der Waals surface area contributed by atoms with Crippen LogP contribution in [0.1, 0.15) is 51.2 Å². The first-order valence-corrected chi connectivity index (χ1v) is 9.10. The van der Waals surface area contributed by atoms with E-state index in [0.29, 0.717) is 6.04 Å². The Morgan fingerprint density at radius 2 is 2.08 bits per heavy atom. The van der Waals surface area contributed by atoms with Crippen molar-refractivity contribution < 1.29 is 9.53 Å². The Kier molecular flexibility index (Phi) is 6.67. The molecule has 1 amide bonds. The van der Waals surface area contributed by atoms with Crippen molar-refractivity contribution in [3.05, 3.63) is 35.4 Å². The summed E-state index contributed by atoms with van der Waals surface area (Å²) >= 11 is 0. The number of amides is 1. The molecule has 4 nitrogen and oxygen atoms in total. The van der Waals surface area contributed by atoms with E-state index in [4.69, 9.17) is 4.74 Å². The van der Waals surface area contributed by atoms with Gasteiger partial charge in [0.25, 0.3) is 0 Å². The van der Waals surface area contributed by atoms with Gasteiger partial charge in [-0.25, -0.2) is 4.79 Å². The fourth-order valence-corrected chi connectivity index (χ4v) is 3.10. The fraction of sp³-hybridized carbons (Fsp3) is 0.650. The molecule has 24 heavy (non-hydrogen) atoms. The number of nitrogens with one attached hydrogen (secondary N) is 1. The molecule has 1 N–H and O–H groups in total. The van der Waals surface area contributed by atoms with Crippen LogP contribution in [0.15, 0.2) is 24.3 Å². The molecule has 1 aromatic carbocycles. The van der Waals surface area contributed by atoms with Gasteiger partial charge < -0.3 is 15.0 Å². The van der Waals surface area contributed by atoms with E-state index in [2.05, 4.69) is 36.5 Å². The van der Waals surface area contributed by atoms with Gasteiger partial charge in [0.2, 0.25) is 0 Å². The first-order chi connectivity index (χ1) is 11.3. The summed E-state index contributed by atoms with van der Waals surface area (Å²) in [5, 5.41) is 3.66. The molecule has 4 heteroatoms. The van der Waals surface area contributed by atoms with Crippen LogP contribution in [0, 0.1) is 6.92 Å². The maximum atomic E-state index is 12.2. The van der Waals surface area contributed by atoms with Crippen molar-refractivity contribution in [2.75, 3.05) is 19.6 Å². The van der Waals surface area contributed by atoms with Crippen LogP contribution in [-0.2, 0) is 11.2 Å². The van der Waals surface area contributed by atoms with Crippen molar-refractivity contribution in [1.29, 1.82) is 0 Å². The van der Waals surface area contributed by atoms with Crippen molar-refractivity contribution in [1.82, 2.24) is 10.2 Å². The second-order valence-corrected chi connectivity index (χ2v) is 7.79. The molecule has 1 unspecified atom stereocenters. The van der Waals surface area contributed by atoms with Crippen molar-refractivity contribution in [2.45, 2.75) is 65.0 Å². The van der Waals surface area contributed by atoms with Crippen molar-refractivity contribution >= 4 is 6.09 Å². The number of carbonyl (C=O) groups is 1. The minimum Gasteiger partial charge on any atom is -0.444 e. The summed E-state index contributed by atoms with van der Waals surface area (Å²) in [5.41, 5.74) is 2.27. The summed E-state index contributed by atoms with van der Waals surface area (Å²) in [6, 6.07) is 9.18. The average molecular weight is 332 g/mol. The van der Waals surface area contributed by atoms with Gasteiger partial charge in [0.05, 0.1) is 0 Å². The number of ether oxygens (including phenoxy) is 1. The number of hydrogen-bond donors (Lipinski definition) is 1. The molecule has 1 atom stereocenters. The summed E-state index contributed by atoms with van der Waals surface area (Å²) in [6.45, 7) is 10.4. The minimum absolute atomic E-state index is 0.178. The highest BCUT2D eigenvalue weighted by molar-refractivity contribution is 5.68. The fourth-order valence-electron chi connectivity index (χ4n) is 3.10. The highest BCUT2D eigenvalue weighted by Crippen LogP contribution is 2.15. The van der Waals surface area contributed by atoms with E-state index in [1.54, 1.807) is 0 Å². The molecule has 0 saturated carbocycles. The van der Waals surface area contributed by atoms with Gasteiger partial charge in [0.1, 0.15) is 5.60 Å². The van der Waals surface area contributed by atoms with Crippen molar-refractivity contribution in [3.8, 4) is 0 Å². The van der Waals surface area contributed by atoms with Gasteiger partial charge in [0, 0.05) is 19.1 Å². The first kappa shape index (κ1) is 18.8. The molecule has 0 bridgehead atoms. The van der Waals surface area contributed by atoms with Crippen LogP contribution in [0.5, 0.6) is 0 Å². The van der Waals surface area contributed by atoms with Gasteiger partial charge in [-0.3, -0.25) is 0 Å². The number of benzene rings is 1. The Bertz CT molecular complexity index is 537. The van der Waals surface area contributed by atoms with E-state index in [9.17, 15) is 4.79 Å². The van der Waals surface area contributed by atoms with Gasteiger partial charge >= 0.3 is 6.09 Å². The Balaban J connectivity index is 1.74. The third kappa shape index (κ3) is 6.52. The molecule has 1 aliphatic heterocycles. The monoisotopic (exact) mass is 332 g/mol. The van der Waals surface area contributed by atoms with E-state index in [1.165, 1.54) is 11.1 Å². The molecule has 1 aromatic rings. The maximum absolute atomic E-state index is 12.2. The number of likely N-dealkylation sites (tertiary alicyclic amines) is 1. The van der Waals surface area contributed by atoms with Crippen LogP contribution in [0.25, 0.3) is 0 Å². The molecule has 0 aromatic heterocycles. The summed E-state index contributed by atoms with van der Waals surface area (Å²) in [5.74, 6) is 0. The molecule has 1 heterocycles. The number of carbonyl (C=O) groups excluding carboxylic acids is 1. The summed E-state index contributed by atoms with van der Waals surface area (Å²) in [7, 11) is 0. The predicted octanol–water partition coefficient (Wildman–Crippen LogP) is 3.92. The first-order valence-electron chi connectivity index (χ1n) is 9.10. The lowest BCUT2D eigenvalue weighted by molar-refractivity contribution is 0.0256. The molecule has 0 radical (unpaired) electrons. The maximum Gasteiger partial charge on any atom is 0.410 e. The number of hydrogen-bond acceptors (Lipinski definition) is 3. The highest BCUT2D eigenvalue weighted by atomic mass is 16.6. The second-order valence-electron chi connectivity index (χ2n) is 7.79. The normalized spacial score (nSPS) is 19.0. The van der Waals surface area contributed by atoms with Crippen LogP contribution in [0.3, 0.4) is 0 Å². The van der Waals surface area contributed by atoms with Gasteiger partial charge in [-0.15, -0.1) is 0 Å². The zero-order chi connectivity index (χ0) is 17.6. The molecule has 2 rings (SSSR count). The van der Waals surface area contributed by atoms with E-state index in [1.807, 2.05) is 25.7 Å². The largest absolute Gasteiger partial charge is 0.444 e. The van der Waals surface area contributed by atoms with E-state index >= 15 is 0 Å². The summed E-state index contributed by atoms with van der Waals surface area (Å²) < 4.78 is 5.48. The van der Waals surface area contributed by atoms with Gasteiger partial charge in [0.15, 0.2) is 0 Å². The highest BCUT2D eigenvalue weighted by Gasteiger charge is 2.24. The molecular weight excluding hydrogens is 300 g/mol. The summed E-state index contributed by atoms with van der Waals surface area (Å²) in [4.78, 5) is 14.0. The molecule has 1 fully saturated rings. The average Bonchev–Trinajstić information content (AvgIpc) is 2.71. The standard InChI is InChI=1S/C20H32N2O2/c1-16-7-5-8-17(15-16)10-12-21-18-9-6-13-22(14-11-18)19(23)24-20(2,3)4/h5,7-8,15,18,21H,6,9-14H2,1-4H3. The van der Waals surface area contributed by atoms with Crippen LogP contribution in [0.2, 0.25) is 0 Å². The topological polar surface area (TPSA) is 41.6 Å². The molecule has 0 aliphatic carbocycles. The third-order valence-corrected chi connectivity index (χ3v) is 4.31. The van der Waals surface area contributed by atoms with Crippen molar-refractivity contribution in [2.24, 2.45) is 0 Å². The van der Waals surface area contributed by atoms with Crippen LogP contribution < -0.4 is 5.32 Å². The lowest BCUT2D eigenvalue weighted by atomic mass is 10.1. The van der Waals surface area contributed by atoms with Gasteiger partial charge in [-0.2, -0.15) is 0 Å². The lowest BCUT2D eigenvalue weighted by Gasteiger charge is -2.26. The molecule has 1 saturated heterocycles. The molecule has 134 valence electrons. The molecule has 0 spiro atoms. The number of rotatable bonds is 4. The third-order valence-electron chi connectivity index (χ3n) is 4.31. The predicted molar refractivity (Wildman–Crippen MR) is 98.3 cm³/mol. The smallest absolute Gasteiger partial charge is 0.410 e. The summed E-state index contributed by atoms with van der Waals surface area (Å²) in [6.07, 6.45) is 4.01. The Hall–Kier alpha value is -1.55. The van der Waals surface area contributed by atoms with Crippen LogP contribution in [-0.4, -0.2) is 42.3 Å². The SMILES string of the molecule is Cc1cccc(CCNC2CCCN(C(=O)OC(C)(C)C)CC2)c1. The Labute approximate surface area is 146 Å².